The van der Waals surface area contributed by atoms with Gasteiger partial charge in [-0.2, -0.15) is 13.2 Å². The molecule has 3 rings (SSSR count). The van der Waals surface area contributed by atoms with Gasteiger partial charge in [0.15, 0.2) is 0 Å². The molecule has 7 nitrogen and oxygen atoms in total. The van der Waals surface area contributed by atoms with Crippen LogP contribution in [0.2, 0.25) is 5.02 Å². The molecule has 0 aliphatic carbocycles. The van der Waals surface area contributed by atoms with Crippen molar-refractivity contribution in [3.05, 3.63) is 47.1 Å². The van der Waals surface area contributed by atoms with E-state index >= 15 is 0 Å². The van der Waals surface area contributed by atoms with Gasteiger partial charge in [-0.15, -0.1) is 0 Å². The molecule has 0 saturated carbocycles. The Kier molecular flexibility index (Phi) is 7.68. The van der Waals surface area contributed by atoms with Crippen molar-refractivity contribution in [1.82, 2.24) is 10.3 Å². The Balaban J connectivity index is 1.60. The Morgan fingerprint density at radius 3 is 2.27 bits per heavy atom. The minimum Gasteiger partial charge on any atom is -0.355 e. The molecule has 0 bridgehead atoms. The monoisotopic (exact) mass is 483 g/mol. The molecule has 0 unspecified atom stereocenters. The van der Waals surface area contributed by atoms with E-state index in [1.807, 2.05) is 13.8 Å². The molecule has 2 heterocycles. The maximum absolute atomic E-state index is 12.8. The van der Waals surface area contributed by atoms with E-state index in [1.165, 1.54) is 0 Å². The van der Waals surface area contributed by atoms with Crippen molar-refractivity contribution >= 4 is 40.7 Å². The molecule has 1 aliphatic heterocycles. The fourth-order valence-electron chi connectivity index (χ4n) is 3.53. The first-order valence-corrected chi connectivity index (χ1v) is 10.9. The number of hydrogen-bond donors (Lipinski definition) is 3. The maximum Gasteiger partial charge on any atom is 0.417 e. The maximum atomic E-state index is 12.8. The predicted octanol–water partition coefficient (Wildman–Crippen LogP) is 5.14. The summed E-state index contributed by atoms with van der Waals surface area (Å²) in [5, 5.41) is 8.23. The molecule has 1 aliphatic rings. The molecule has 1 fully saturated rings. The van der Waals surface area contributed by atoms with Crippen LogP contribution in [-0.4, -0.2) is 36.1 Å². The Hall–Kier alpha value is -3.01. The van der Waals surface area contributed by atoms with Crippen LogP contribution < -0.4 is 20.9 Å². The van der Waals surface area contributed by atoms with Gasteiger partial charge >= 0.3 is 12.2 Å². The third kappa shape index (κ3) is 6.50. The second-order valence-corrected chi connectivity index (χ2v) is 8.48. The smallest absolute Gasteiger partial charge is 0.355 e. The molecular weight excluding hydrogens is 459 g/mol. The van der Waals surface area contributed by atoms with Crippen molar-refractivity contribution in [2.75, 3.05) is 28.6 Å². The van der Waals surface area contributed by atoms with Crippen LogP contribution in [0.1, 0.15) is 32.3 Å². The number of benzene rings is 1. The first kappa shape index (κ1) is 24.6. The van der Waals surface area contributed by atoms with Crippen LogP contribution in [0.15, 0.2) is 36.5 Å². The van der Waals surface area contributed by atoms with Crippen molar-refractivity contribution in [3.8, 4) is 0 Å². The predicted molar refractivity (Wildman–Crippen MR) is 122 cm³/mol. The second-order valence-electron chi connectivity index (χ2n) is 8.08. The Morgan fingerprint density at radius 1 is 1.12 bits per heavy atom. The first-order chi connectivity index (χ1) is 15.5. The molecule has 1 aromatic carbocycles. The fourth-order valence-corrected chi connectivity index (χ4v) is 3.81. The molecule has 2 aromatic rings. The summed E-state index contributed by atoms with van der Waals surface area (Å²) in [6.45, 7) is 4.53. The van der Waals surface area contributed by atoms with Crippen LogP contribution in [0.4, 0.5) is 35.2 Å². The van der Waals surface area contributed by atoms with Crippen molar-refractivity contribution in [3.63, 3.8) is 0 Å². The Morgan fingerprint density at radius 2 is 1.73 bits per heavy atom. The van der Waals surface area contributed by atoms with Crippen molar-refractivity contribution in [2.45, 2.75) is 38.9 Å². The highest BCUT2D eigenvalue weighted by atomic mass is 35.5. The fraction of sp³-hybridized carbons (Fsp3) is 0.409. The highest BCUT2D eigenvalue weighted by molar-refractivity contribution is 6.33. The third-order valence-corrected chi connectivity index (χ3v) is 5.45. The minimum absolute atomic E-state index is 0.0374. The van der Waals surface area contributed by atoms with Crippen molar-refractivity contribution < 1.29 is 22.8 Å². The van der Waals surface area contributed by atoms with Gasteiger partial charge in [0.25, 0.3) is 0 Å². The van der Waals surface area contributed by atoms with Gasteiger partial charge in [-0.05, 0) is 44.9 Å². The summed E-state index contributed by atoms with van der Waals surface area (Å²) < 4.78 is 38.5. The Bertz CT molecular complexity index is 1010. The van der Waals surface area contributed by atoms with E-state index in [0.29, 0.717) is 37.3 Å². The minimum atomic E-state index is -4.51. The topological polar surface area (TPSA) is 86.4 Å². The lowest BCUT2D eigenvalue weighted by Gasteiger charge is -2.32. The van der Waals surface area contributed by atoms with Gasteiger partial charge in [0.1, 0.15) is 5.82 Å². The van der Waals surface area contributed by atoms with Gasteiger partial charge in [-0.1, -0.05) is 23.7 Å². The van der Waals surface area contributed by atoms with Crippen LogP contribution in [0, 0.1) is 5.92 Å². The van der Waals surface area contributed by atoms with Gasteiger partial charge < -0.3 is 20.9 Å². The van der Waals surface area contributed by atoms with E-state index < -0.39 is 11.7 Å². The van der Waals surface area contributed by atoms with Gasteiger partial charge in [-0.3, -0.25) is 4.79 Å². The summed E-state index contributed by atoms with van der Waals surface area (Å²) in [6.07, 6.45) is -2.79. The Labute approximate surface area is 194 Å². The normalized spacial score (nSPS) is 14.8. The van der Waals surface area contributed by atoms with Crippen LogP contribution >= 0.6 is 11.6 Å². The number of hydrogen-bond acceptors (Lipinski definition) is 4. The number of para-hydroxylation sites is 2. The summed E-state index contributed by atoms with van der Waals surface area (Å²) in [5.74, 6) is -0.221. The van der Waals surface area contributed by atoms with E-state index in [9.17, 15) is 22.8 Å². The van der Waals surface area contributed by atoms with Gasteiger partial charge in [-0.25, -0.2) is 9.78 Å². The summed E-state index contributed by atoms with van der Waals surface area (Å²) in [4.78, 5) is 30.5. The van der Waals surface area contributed by atoms with E-state index in [1.54, 1.807) is 29.2 Å². The number of carbonyl (C=O) groups is 2. The van der Waals surface area contributed by atoms with Crippen LogP contribution in [0.25, 0.3) is 0 Å². The van der Waals surface area contributed by atoms with Gasteiger partial charge in [0.05, 0.1) is 22.0 Å². The largest absolute Gasteiger partial charge is 0.417 e. The van der Waals surface area contributed by atoms with E-state index in [4.69, 9.17) is 11.6 Å². The van der Waals surface area contributed by atoms with Gasteiger partial charge in [0.2, 0.25) is 5.91 Å². The van der Waals surface area contributed by atoms with Crippen molar-refractivity contribution in [2.24, 2.45) is 5.92 Å². The number of nitrogens with zero attached hydrogens (tertiary/aromatic N) is 2. The summed E-state index contributed by atoms with van der Waals surface area (Å²) in [6, 6.07) is 7.34. The number of pyridine rings is 1. The first-order valence-electron chi connectivity index (χ1n) is 10.5. The molecule has 3 N–H and O–H groups in total. The summed E-state index contributed by atoms with van der Waals surface area (Å²) in [5.41, 5.74) is 0.0540. The molecule has 1 saturated heterocycles. The highest BCUT2D eigenvalue weighted by Gasteiger charge is 2.33. The van der Waals surface area contributed by atoms with Crippen LogP contribution in [-0.2, 0) is 11.0 Å². The summed E-state index contributed by atoms with van der Waals surface area (Å²) >= 11 is 6.04. The molecule has 11 heteroatoms. The molecule has 0 radical (unpaired) electrons. The number of urea groups is 1. The third-order valence-electron chi connectivity index (χ3n) is 5.17. The number of rotatable bonds is 5. The number of piperidine rings is 1. The molecular formula is C22H25ClF3N5O2. The second kappa shape index (κ2) is 10.3. The zero-order valence-corrected chi connectivity index (χ0v) is 18.9. The number of alkyl halides is 3. The zero-order valence-electron chi connectivity index (χ0n) is 18.2. The SMILES string of the molecule is CC(C)NC(=O)Nc1ccccc1NC(=O)C1CCN(c2ncc(C(F)(F)F)cc2Cl)CC1. The quantitative estimate of drug-likeness (QED) is 0.549. The van der Waals surface area contributed by atoms with Crippen LogP contribution in [0.3, 0.4) is 0 Å². The standard InChI is InChI=1S/C22H25ClF3N5O2/c1-13(2)28-21(33)30-18-6-4-3-5-17(18)29-20(32)14-7-9-31(10-8-14)19-16(23)11-15(12-27-19)22(24,25)26/h3-6,11-14H,7-10H2,1-2H3,(H,29,32)(H2,28,30,33). The number of anilines is 3. The zero-order chi connectivity index (χ0) is 24.2. The molecule has 33 heavy (non-hydrogen) atoms. The lowest BCUT2D eigenvalue weighted by atomic mass is 9.95. The average molecular weight is 484 g/mol. The molecule has 0 spiro atoms. The molecule has 3 amide bonds. The number of carbonyl (C=O) groups excluding carboxylic acids is 2. The van der Waals surface area contributed by atoms with Crippen LogP contribution in [0.5, 0.6) is 0 Å². The molecule has 0 atom stereocenters. The lowest BCUT2D eigenvalue weighted by molar-refractivity contribution is -0.137. The molecule has 1 aromatic heterocycles. The average Bonchev–Trinajstić information content (AvgIpc) is 2.74. The van der Waals surface area contributed by atoms with E-state index in [2.05, 4.69) is 20.9 Å². The molecule has 178 valence electrons. The number of amides is 3. The number of halogens is 4. The van der Waals surface area contributed by atoms with Gasteiger partial charge in [0, 0.05) is 31.2 Å². The summed E-state index contributed by atoms with van der Waals surface area (Å²) in [7, 11) is 0. The number of aromatic nitrogens is 1. The highest BCUT2D eigenvalue weighted by Crippen LogP contribution is 2.35. The lowest BCUT2D eigenvalue weighted by Crippen LogP contribution is -2.39. The number of nitrogens with one attached hydrogen (secondary N) is 3. The van der Waals surface area contributed by atoms with E-state index in [0.717, 1.165) is 12.3 Å². The van der Waals surface area contributed by atoms with E-state index in [-0.39, 0.29) is 34.7 Å². The van der Waals surface area contributed by atoms with Crippen molar-refractivity contribution in [1.29, 1.82) is 0 Å².